The first-order chi connectivity index (χ1) is 14.1. The number of aromatic nitrogens is 4. The second kappa shape index (κ2) is 7.24. The summed E-state index contributed by atoms with van der Waals surface area (Å²) in [5, 5.41) is 8.27. The lowest BCUT2D eigenvalue weighted by Crippen LogP contribution is -2.34. The standard InChI is InChI=1S/C21H27N7O/c1-26(2)19-7-6-17(24-25-19)21(29)28-11-15-9-27(10-16(15)12-28)20-8-18(22-13-23-20)14-4-3-5-14/h6-8,13-16H,3-5,9-12H2,1-2H3. The van der Waals surface area contributed by atoms with Crippen LogP contribution in [-0.4, -0.2) is 71.2 Å². The number of carbonyl (C=O) groups excluding carboxylic acids is 1. The van der Waals surface area contributed by atoms with Gasteiger partial charge in [0.1, 0.15) is 12.1 Å². The topological polar surface area (TPSA) is 78.4 Å². The summed E-state index contributed by atoms with van der Waals surface area (Å²) in [6.07, 6.45) is 5.52. The number of fused-ring (bicyclic) bond motifs is 1. The van der Waals surface area contributed by atoms with Crippen molar-refractivity contribution < 1.29 is 4.79 Å². The lowest BCUT2D eigenvalue weighted by atomic mass is 9.83. The van der Waals surface area contributed by atoms with Gasteiger partial charge in [0, 0.05) is 69.8 Å². The molecule has 0 aromatic carbocycles. The number of carbonyl (C=O) groups is 1. The molecule has 8 nitrogen and oxygen atoms in total. The molecule has 8 heteroatoms. The van der Waals surface area contributed by atoms with E-state index < -0.39 is 0 Å². The molecule has 1 aliphatic carbocycles. The molecule has 0 radical (unpaired) electrons. The van der Waals surface area contributed by atoms with Crippen molar-refractivity contribution in [3.05, 3.63) is 35.9 Å². The Morgan fingerprint density at radius 3 is 2.38 bits per heavy atom. The highest BCUT2D eigenvalue weighted by Crippen LogP contribution is 2.38. The molecule has 29 heavy (non-hydrogen) atoms. The van der Waals surface area contributed by atoms with Crippen LogP contribution in [0.3, 0.4) is 0 Å². The van der Waals surface area contributed by atoms with Crippen LogP contribution in [0.15, 0.2) is 24.5 Å². The van der Waals surface area contributed by atoms with Crippen molar-refractivity contribution in [2.45, 2.75) is 25.2 Å². The van der Waals surface area contributed by atoms with Crippen LogP contribution in [0.1, 0.15) is 41.4 Å². The van der Waals surface area contributed by atoms with Gasteiger partial charge in [-0.05, 0) is 25.0 Å². The highest BCUT2D eigenvalue weighted by atomic mass is 16.2. The normalized spacial score (nSPS) is 23.8. The van der Waals surface area contributed by atoms with Crippen molar-refractivity contribution in [1.82, 2.24) is 25.1 Å². The quantitative estimate of drug-likeness (QED) is 0.784. The summed E-state index contributed by atoms with van der Waals surface area (Å²) in [6.45, 7) is 3.44. The summed E-state index contributed by atoms with van der Waals surface area (Å²) in [7, 11) is 3.82. The molecule has 152 valence electrons. The van der Waals surface area contributed by atoms with Crippen molar-refractivity contribution in [2.75, 3.05) is 50.1 Å². The monoisotopic (exact) mass is 393 g/mol. The second-order valence-electron chi connectivity index (χ2n) is 8.74. The predicted molar refractivity (Wildman–Crippen MR) is 110 cm³/mol. The molecule has 2 aromatic rings. The maximum Gasteiger partial charge on any atom is 0.274 e. The van der Waals surface area contributed by atoms with E-state index in [1.165, 1.54) is 25.0 Å². The Bertz CT molecular complexity index is 882. The maximum absolute atomic E-state index is 12.8. The van der Waals surface area contributed by atoms with Crippen molar-refractivity contribution in [2.24, 2.45) is 11.8 Å². The molecule has 0 N–H and O–H groups in total. The summed E-state index contributed by atoms with van der Waals surface area (Å²) in [5.41, 5.74) is 1.61. The fraction of sp³-hybridized carbons (Fsp3) is 0.571. The van der Waals surface area contributed by atoms with Gasteiger partial charge < -0.3 is 14.7 Å². The maximum atomic E-state index is 12.8. The Balaban J connectivity index is 1.22. The van der Waals surface area contributed by atoms with Gasteiger partial charge in [-0.15, -0.1) is 10.2 Å². The van der Waals surface area contributed by atoms with Crippen LogP contribution in [0.5, 0.6) is 0 Å². The van der Waals surface area contributed by atoms with Crippen molar-refractivity contribution in [3.8, 4) is 0 Å². The van der Waals surface area contributed by atoms with Crippen LogP contribution < -0.4 is 9.80 Å². The van der Waals surface area contributed by atoms with E-state index >= 15 is 0 Å². The molecule has 2 atom stereocenters. The largest absolute Gasteiger partial charge is 0.361 e. The minimum Gasteiger partial charge on any atom is -0.361 e. The third-order valence-corrected chi connectivity index (χ3v) is 6.62. The van der Waals surface area contributed by atoms with E-state index in [-0.39, 0.29) is 5.91 Å². The zero-order valence-corrected chi connectivity index (χ0v) is 17.0. The van der Waals surface area contributed by atoms with Crippen LogP contribution >= 0.6 is 0 Å². The summed E-state index contributed by atoms with van der Waals surface area (Å²) in [4.78, 5) is 28.0. The first-order valence-electron chi connectivity index (χ1n) is 10.5. The number of likely N-dealkylation sites (tertiary alicyclic amines) is 1. The van der Waals surface area contributed by atoms with Crippen molar-refractivity contribution >= 4 is 17.5 Å². The highest BCUT2D eigenvalue weighted by Gasteiger charge is 2.42. The van der Waals surface area contributed by atoms with Crippen LogP contribution in [0.2, 0.25) is 0 Å². The average Bonchev–Trinajstić information content (AvgIpc) is 3.26. The zero-order valence-electron chi connectivity index (χ0n) is 17.0. The van der Waals surface area contributed by atoms with Gasteiger partial charge in [-0.25, -0.2) is 9.97 Å². The lowest BCUT2D eigenvalue weighted by Gasteiger charge is -2.26. The van der Waals surface area contributed by atoms with Crippen molar-refractivity contribution in [1.29, 1.82) is 0 Å². The first kappa shape index (κ1) is 18.3. The van der Waals surface area contributed by atoms with E-state index in [9.17, 15) is 4.79 Å². The molecule has 3 aliphatic rings. The Hall–Kier alpha value is -2.77. The molecule has 0 bridgehead atoms. The molecule has 1 saturated carbocycles. The third kappa shape index (κ3) is 3.41. The van der Waals surface area contributed by atoms with Gasteiger partial charge in [0.15, 0.2) is 11.5 Å². The third-order valence-electron chi connectivity index (χ3n) is 6.62. The van der Waals surface area contributed by atoms with Gasteiger partial charge >= 0.3 is 0 Å². The molecule has 1 amide bonds. The molecular formula is C21H27N7O. The summed E-state index contributed by atoms with van der Waals surface area (Å²) in [6, 6.07) is 5.79. The molecule has 3 fully saturated rings. The number of amides is 1. The summed E-state index contributed by atoms with van der Waals surface area (Å²) >= 11 is 0. The van der Waals surface area contributed by atoms with Gasteiger partial charge in [0.2, 0.25) is 0 Å². The number of hydrogen-bond acceptors (Lipinski definition) is 7. The zero-order chi connectivity index (χ0) is 20.0. The van der Waals surface area contributed by atoms with E-state index in [0.717, 1.165) is 37.8 Å². The highest BCUT2D eigenvalue weighted by molar-refractivity contribution is 5.92. The second-order valence-corrected chi connectivity index (χ2v) is 8.74. The van der Waals surface area contributed by atoms with Crippen LogP contribution in [-0.2, 0) is 0 Å². The van der Waals surface area contributed by atoms with Crippen LogP contribution in [0.25, 0.3) is 0 Å². The molecule has 2 aliphatic heterocycles. The van der Waals surface area contributed by atoms with E-state index in [4.69, 9.17) is 0 Å². The molecular weight excluding hydrogens is 366 g/mol. The van der Waals surface area contributed by atoms with E-state index in [2.05, 4.69) is 31.1 Å². The van der Waals surface area contributed by atoms with Gasteiger partial charge in [0.05, 0.1) is 0 Å². The van der Waals surface area contributed by atoms with Crippen molar-refractivity contribution in [3.63, 3.8) is 0 Å². The minimum absolute atomic E-state index is 0.0157. The lowest BCUT2D eigenvalue weighted by molar-refractivity contribution is 0.0775. The molecule has 5 rings (SSSR count). The molecule has 2 saturated heterocycles. The van der Waals surface area contributed by atoms with Gasteiger partial charge in [0.25, 0.3) is 5.91 Å². The van der Waals surface area contributed by atoms with E-state index in [0.29, 0.717) is 23.4 Å². The molecule has 2 unspecified atom stereocenters. The fourth-order valence-electron chi connectivity index (χ4n) is 4.65. The fourth-order valence-corrected chi connectivity index (χ4v) is 4.65. The van der Waals surface area contributed by atoms with E-state index in [1.807, 2.05) is 30.0 Å². The molecule has 2 aromatic heterocycles. The smallest absolute Gasteiger partial charge is 0.274 e. The Morgan fingerprint density at radius 2 is 1.79 bits per heavy atom. The number of hydrogen-bond donors (Lipinski definition) is 0. The summed E-state index contributed by atoms with van der Waals surface area (Å²) in [5.74, 6) is 3.36. The van der Waals surface area contributed by atoms with Gasteiger partial charge in [-0.1, -0.05) is 6.42 Å². The first-order valence-corrected chi connectivity index (χ1v) is 10.5. The van der Waals surface area contributed by atoms with Gasteiger partial charge in [-0.2, -0.15) is 0 Å². The minimum atomic E-state index is -0.0157. The Kier molecular flexibility index (Phi) is 4.56. The SMILES string of the molecule is CN(C)c1ccc(C(=O)N2CC3CN(c4cc(C5CCC5)ncn4)CC3C2)nn1. The molecule has 0 spiro atoms. The van der Waals surface area contributed by atoms with Crippen LogP contribution in [0, 0.1) is 11.8 Å². The number of nitrogens with zero attached hydrogens (tertiary/aromatic N) is 7. The van der Waals surface area contributed by atoms with Crippen LogP contribution in [0.4, 0.5) is 11.6 Å². The van der Waals surface area contributed by atoms with Gasteiger partial charge in [-0.3, -0.25) is 4.79 Å². The number of rotatable bonds is 4. The predicted octanol–water partition coefficient (Wildman–Crippen LogP) is 1.81. The molecule has 4 heterocycles. The number of anilines is 2. The van der Waals surface area contributed by atoms with E-state index in [1.54, 1.807) is 12.4 Å². The Morgan fingerprint density at radius 1 is 1.03 bits per heavy atom. The Labute approximate surface area is 171 Å². The average molecular weight is 393 g/mol. The summed E-state index contributed by atoms with van der Waals surface area (Å²) < 4.78 is 0.